The second-order valence-corrected chi connectivity index (χ2v) is 5.98. The fourth-order valence-electron chi connectivity index (χ4n) is 2.46. The van der Waals surface area contributed by atoms with E-state index in [9.17, 15) is 4.79 Å². The zero-order valence-corrected chi connectivity index (χ0v) is 13.1. The van der Waals surface area contributed by atoms with Gasteiger partial charge in [-0.15, -0.1) is 0 Å². The molecule has 21 heavy (non-hydrogen) atoms. The SMILES string of the molecule is CC(C)=CCC(C)(/C=C(\C)C=O)c1ccc2c(c1)OCO2. The predicted molar refractivity (Wildman–Crippen MR) is 83.8 cm³/mol. The zero-order chi connectivity index (χ0) is 15.5. The average molecular weight is 286 g/mol. The summed E-state index contributed by atoms with van der Waals surface area (Å²) in [5.41, 5.74) is 2.87. The van der Waals surface area contributed by atoms with Crippen LogP contribution in [0.2, 0.25) is 0 Å². The van der Waals surface area contributed by atoms with Crippen molar-refractivity contribution >= 4 is 6.29 Å². The Balaban J connectivity index is 2.43. The first-order valence-corrected chi connectivity index (χ1v) is 7.13. The minimum Gasteiger partial charge on any atom is -0.454 e. The summed E-state index contributed by atoms with van der Waals surface area (Å²) in [6.07, 6.45) is 5.95. The van der Waals surface area contributed by atoms with Crippen LogP contribution in [0.3, 0.4) is 0 Å². The van der Waals surface area contributed by atoms with E-state index >= 15 is 0 Å². The van der Waals surface area contributed by atoms with Gasteiger partial charge in [0.2, 0.25) is 6.79 Å². The van der Waals surface area contributed by atoms with E-state index in [0.717, 1.165) is 35.3 Å². The summed E-state index contributed by atoms with van der Waals surface area (Å²) < 4.78 is 10.8. The fourth-order valence-corrected chi connectivity index (χ4v) is 2.46. The molecule has 1 aromatic rings. The minimum atomic E-state index is -0.247. The van der Waals surface area contributed by atoms with Crippen LogP contribution in [0.4, 0.5) is 0 Å². The molecule has 3 heteroatoms. The molecule has 0 bridgehead atoms. The number of allylic oxidation sites excluding steroid dienone is 4. The molecular formula is C18H22O3. The molecule has 1 aromatic carbocycles. The lowest BCUT2D eigenvalue weighted by Crippen LogP contribution is -2.19. The Morgan fingerprint density at radius 1 is 1.24 bits per heavy atom. The molecule has 1 aliphatic rings. The van der Waals surface area contributed by atoms with Crippen molar-refractivity contribution in [2.75, 3.05) is 6.79 Å². The molecule has 0 N–H and O–H groups in total. The van der Waals surface area contributed by atoms with E-state index < -0.39 is 0 Å². The van der Waals surface area contributed by atoms with Gasteiger partial charge in [-0.05, 0) is 50.5 Å². The number of rotatable bonds is 5. The van der Waals surface area contributed by atoms with Crippen molar-refractivity contribution in [1.82, 2.24) is 0 Å². The molecule has 0 spiro atoms. The molecule has 3 nitrogen and oxygen atoms in total. The molecule has 0 fully saturated rings. The Morgan fingerprint density at radius 3 is 2.62 bits per heavy atom. The second-order valence-electron chi connectivity index (χ2n) is 5.98. The highest BCUT2D eigenvalue weighted by Crippen LogP contribution is 2.39. The van der Waals surface area contributed by atoms with Gasteiger partial charge in [0.25, 0.3) is 0 Å². The first-order chi connectivity index (χ1) is 9.94. The number of benzene rings is 1. The van der Waals surface area contributed by atoms with Crippen molar-refractivity contribution in [1.29, 1.82) is 0 Å². The third-order valence-electron chi connectivity index (χ3n) is 3.70. The summed E-state index contributed by atoms with van der Waals surface area (Å²) in [6.45, 7) is 8.40. The summed E-state index contributed by atoms with van der Waals surface area (Å²) in [4.78, 5) is 11.0. The Labute approximate surface area is 126 Å². The zero-order valence-electron chi connectivity index (χ0n) is 13.1. The molecular weight excluding hydrogens is 264 g/mol. The maximum absolute atomic E-state index is 11.0. The van der Waals surface area contributed by atoms with E-state index in [0.29, 0.717) is 0 Å². The largest absolute Gasteiger partial charge is 0.454 e. The maximum Gasteiger partial charge on any atom is 0.231 e. The van der Waals surface area contributed by atoms with Crippen molar-refractivity contribution in [3.05, 3.63) is 47.1 Å². The second kappa shape index (κ2) is 6.17. The number of aldehydes is 1. The highest BCUT2D eigenvalue weighted by Gasteiger charge is 2.26. The van der Waals surface area contributed by atoms with Gasteiger partial charge in [-0.25, -0.2) is 0 Å². The normalized spacial score (nSPS) is 16.3. The van der Waals surface area contributed by atoms with E-state index in [1.54, 1.807) is 0 Å². The molecule has 0 radical (unpaired) electrons. The lowest BCUT2D eigenvalue weighted by atomic mass is 9.77. The van der Waals surface area contributed by atoms with E-state index in [1.165, 1.54) is 5.57 Å². The third-order valence-corrected chi connectivity index (χ3v) is 3.70. The van der Waals surface area contributed by atoms with E-state index in [1.807, 2.05) is 31.2 Å². The smallest absolute Gasteiger partial charge is 0.231 e. The number of hydrogen-bond acceptors (Lipinski definition) is 3. The quantitative estimate of drug-likeness (QED) is 0.463. The molecule has 0 aliphatic carbocycles. The summed E-state index contributed by atoms with van der Waals surface area (Å²) in [6, 6.07) is 5.99. The molecule has 0 saturated carbocycles. The van der Waals surface area contributed by atoms with Gasteiger partial charge in [0.05, 0.1) is 0 Å². The van der Waals surface area contributed by atoms with Crippen LogP contribution in [0.25, 0.3) is 0 Å². The Hall–Kier alpha value is -2.03. The number of fused-ring (bicyclic) bond motifs is 1. The van der Waals surface area contributed by atoms with Gasteiger partial charge < -0.3 is 9.47 Å². The fraction of sp³-hybridized carbons (Fsp3) is 0.389. The number of carbonyl (C=O) groups excluding carboxylic acids is 1. The minimum absolute atomic E-state index is 0.247. The summed E-state index contributed by atoms with van der Waals surface area (Å²) in [5, 5.41) is 0. The summed E-state index contributed by atoms with van der Waals surface area (Å²) in [5.74, 6) is 1.55. The molecule has 0 amide bonds. The van der Waals surface area contributed by atoms with E-state index in [-0.39, 0.29) is 12.2 Å². The summed E-state index contributed by atoms with van der Waals surface area (Å²) in [7, 11) is 0. The average Bonchev–Trinajstić information content (AvgIpc) is 2.92. The maximum atomic E-state index is 11.0. The molecule has 1 unspecified atom stereocenters. The van der Waals surface area contributed by atoms with Crippen LogP contribution < -0.4 is 9.47 Å². The molecule has 2 rings (SSSR count). The van der Waals surface area contributed by atoms with Gasteiger partial charge in [-0.3, -0.25) is 4.79 Å². The highest BCUT2D eigenvalue weighted by atomic mass is 16.7. The number of ether oxygens (including phenoxy) is 2. The van der Waals surface area contributed by atoms with Crippen molar-refractivity contribution < 1.29 is 14.3 Å². The first-order valence-electron chi connectivity index (χ1n) is 7.13. The van der Waals surface area contributed by atoms with Crippen LogP contribution in [0.15, 0.2) is 41.5 Å². The Morgan fingerprint density at radius 2 is 1.95 bits per heavy atom. The lowest BCUT2D eigenvalue weighted by Gasteiger charge is -2.26. The number of hydrogen-bond donors (Lipinski definition) is 0. The van der Waals surface area contributed by atoms with Crippen molar-refractivity contribution in [3.63, 3.8) is 0 Å². The van der Waals surface area contributed by atoms with Gasteiger partial charge in [-0.1, -0.05) is 30.7 Å². The van der Waals surface area contributed by atoms with Crippen molar-refractivity contribution in [3.8, 4) is 11.5 Å². The topological polar surface area (TPSA) is 35.5 Å². The van der Waals surface area contributed by atoms with Crippen LogP contribution in [0, 0.1) is 0 Å². The van der Waals surface area contributed by atoms with Crippen molar-refractivity contribution in [2.45, 2.75) is 39.5 Å². The molecule has 1 aliphatic heterocycles. The molecule has 0 aromatic heterocycles. The molecule has 0 saturated heterocycles. The Bertz CT molecular complexity index is 594. The van der Waals surface area contributed by atoms with Gasteiger partial charge in [0.15, 0.2) is 11.5 Å². The van der Waals surface area contributed by atoms with Gasteiger partial charge in [-0.2, -0.15) is 0 Å². The van der Waals surface area contributed by atoms with E-state index in [4.69, 9.17) is 9.47 Å². The van der Waals surface area contributed by atoms with Crippen LogP contribution in [0.5, 0.6) is 11.5 Å². The third kappa shape index (κ3) is 3.54. The molecule has 1 heterocycles. The standard InChI is InChI=1S/C18H22O3/c1-13(2)7-8-18(4,10-14(3)11-19)15-5-6-16-17(9-15)21-12-20-16/h5-7,9-11H,8,12H2,1-4H3/b14-10+. The number of carbonyl (C=O) groups is 1. The molecule has 1 atom stereocenters. The van der Waals surface area contributed by atoms with Crippen LogP contribution in [-0.2, 0) is 10.2 Å². The first kappa shape index (κ1) is 15.4. The predicted octanol–water partition coefficient (Wildman–Crippen LogP) is 4.17. The highest BCUT2D eigenvalue weighted by molar-refractivity contribution is 5.72. The molecule has 112 valence electrons. The van der Waals surface area contributed by atoms with Crippen LogP contribution in [0.1, 0.15) is 39.7 Å². The lowest BCUT2D eigenvalue weighted by molar-refractivity contribution is -0.104. The monoisotopic (exact) mass is 286 g/mol. The van der Waals surface area contributed by atoms with Gasteiger partial charge >= 0.3 is 0 Å². The van der Waals surface area contributed by atoms with E-state index in [2.05, 4.69) is 26.8 Å². The van der Waals surface area contributed by atoms with Crippen molar-refractivity contribution in [2.24, 2.45) is 0 Å². The Kier molecular flexibility index (Phi) is 4.51. The van der Waals surface area contributed by atoms with Crippen LogP contribution in [-0.4, -0.2) is 13.1 Å². The summed E-state index contributed by atoms with van der Waals surface area (Å²) >= 11 is 0. The van der Waals surface area contributed by atoms with Gasteiger partial charge in [0, 0.05) is 5.41 Å². The van der Waals surface area contributed by atoms with Crippen LogP contribution >= 0.6 is 0 Å². The van der Waals surface area contributed by atoms with Gasteiger partial charge in [0.1, 0.15) is 6.29 Å².